The molecule has 1 aromatic rings. The number of Topliss-reactive ketones (excluding diaryl/α,β-unsaturated/α-hetero) is 1. The van der Waals surface area contributed by atoms with E-state index in [0.717, 1.165) is 18.1 Å². The second-order valence-corrected chi connectivity index (χ2v) is 5.25. The molecule has 4 heteroatoms. The molecule has 0 amide bonds. The van der Waals surface area contributed by atoms with Gasteiger partial charge >= 0.3 is 0 Å². The van der Waals surface area contributed by atoms with Gasteiger partial charge in [0.05, 0.1) is 19.1 Å². The van der Waals surface area contributed by atoms with Crippen molar-refractivity contribution in [1.82, 2.24) is 4.90 Å². The number of hydrogen-bond acceptors (Lipinski definition) is 3. The van der Waals surface area contributed by atoms with Crippen LogP contribution in [0.4, 0.5) is 0 Å². The third-order valence-corrected chi connectivity index (χ3v) is 3.42. The van der Waals surface area contributed by atoms with Gasteiger partial charge in [0.1, 0.15) is 5.78 Å². The number of ether oxygens (including phenoxy) is 1. The fourth-order valence-corrected chi connectivity index (χ4v) is 2.32. The molecule has 1 aromatic carbocycles. The lowest BCUT2D eigenvalue weighted by atomic mass is 10.00. The number of carbonyl (C=O) groups is 1. The van der Waals surface area contributed by atoms with Gasteiger partial charge in [-0.2, -0.15) is 0 Å². The molecule has 0 radical (unpaired) electrons. The Morgan fingerprint density at radius 1 is 1.39 bits per heavy atom. The third-order valence-electron chi connectivity index (χ3n) is 3.16. The molecule has 0 saturated carbocycles. The van der Waals surface area contributed by atoms with Gasteiger partial charge in [-0.05, 0) is 24.7 Å². The van der Waals surface area contributed by atoms with Crippen LogP contribution in [0.25, 0.3) is 0 Å². The predicted molar refractivity (Wildman–Crippen MR) is 71.7 cm³/mol. The van der Waals surface area contributed by atoms with E-state index in [1.807, 2.05) is 31.3 Å². The Morgan fingerprint density at radius 3 is 2.78 bits per heavy atom. The lowest BCUT2D eigenvalue weighted by Gasteiger charge is -2.26. The number of benzene rings is 1. The largest absolute Gasteiger partial charge is 0.380 e. The first-order chi connectivity index (χ1) is 8.65. The lowest BCUT2D eigenvalue weighted by molar-refractivity contribution is -0.131. The Bertz CT molecular complexity index is 405. The highest BCUT2D eigenvalue weighted by Crippen LogP contribution is 2.14. The first-order valence-electron chi connectivity index (χ1n) is 6.18. The van der Waals surface area contributed by atoms with Crippen LogP contribution in [0.1, 0.15) is 12.0 Å². The van der Waals surface area contributed by atoms with Crippen molar-refractivity contribution < 1.29 is 9.53 Å². The zero-order valence-corrected chi connectivity index (χ0v) is 11.3. The summed E-state index contributed by atoms with van der Waals surface area (Å²) in [5, 5.41) is 0.747. The molecule has 0 spiro atoms. The maximum atomic E-state index is 11.7. The molecule has 0 aromatic heterocycles. The highest BCUT2D eigenvalue weighted by atomic mass is 35.5. The highest BCUT2D eigenvalue weighted by Gasteiger charge is 2.23. The Kier molecular flexibility index (Phi) is 4.75. The molecule has 0 aliphatic carbocycles. The number of ketones is 1. The molecular formula is C14H18ClNO2. The number of nitrogens with zero attached hydrogens (tertiary/aromatic N) is 1. The van der Waals surface area contributed by atoms with Crippen LogP contribution >= 0.6 is 11.6 Å². The number of carbonyl (C=O) groups excluding carboxylic acids is 1. The van der Waals surface area contributed by atoms with Gasteiger partial charge in [-0.25, -0.2) is 0 Å². The quantitative estimate of drug-likeness (QED) is 0.839. The molecule has 18 heavy (non-hydrogen) atoms. The van der Waals surface area contributed by atoms with Crippen LogP contribution in [-0.4, -0.2) is 37.5 Å². The van der Waals surface area contributed by atoms with Crippen molar-refractivity contribution >= 4 is 17.4 Å². The molecule has 1 unspecified atom stereocenters. The lowest BCUT2D eigenvalue weighted by Crippen LogP contribution is -2.36. The van der Waals surface area contributed by atoms with Crippen LogP contribution in [0.5, 0.6) is 0 Å². The van der Waals surface area contributed by atoms with Gasteiger partial charge in [0.2, 0.25) is 0 Å². The Labute approximate surface area is 113 Å². The van der Waals surface area contributed by atoms with Gasteiger partial charge in [0.25, 0.3) is 0 Å². The van der Waals surface area contributed by atoms with Crippen LogP contribution in [0.15, 0.2) is 24.3 Å². The van der Waals surface area contributed by atoms with Crippen LogP contribution in [0.2, 0.25) is 5.02 Å². The normalized spacial score (nSPS) is 20.4. The molecule has 2 rings (SSSR count). The van der Waals surface area contributed by atoms with Crippen molar-refractivity contribution in [3.63, 3.8) is 0 Å². The fraction of sp³-hybridized carbons (Fsp3) is 0.500. The highest BCUT2D eigenvalue weighted by molar-refractivity contribution is 6.30. The minimum absolute atomic E-state index is 0.0241. The summed E-state index contributed by atoms with van der Waals surface area (Å²) in [6.07, 6.45) is 0.555. The summed E-state index contributed by atoms with van der Waals surface area (Å²) in [4.78, 5) is 13.9. The molecule has 1 aliphatic heterocycles. The average molecular weight is 268 g/mol. The third kappa shape index (κ3) is 3.80. The number of halogens is 1. The molecule has 98 valence electrons. The van der Waals surface area contributed by atoms with Crippen molar-refractivity contribution in [1.29, 1.82) is 0 Å². The van der Waals surface area contributed by atoms with E-state index in [1.165, 1.54) is 5.56 Å². The SMILES string of the molecule is CN(Cc1ccc(Cl)cc1)CC1COCCC1=O. The summed E-state index contributed by atoms with van der Waals surface area (Å²) in [7, 11) is 2.02. The molecule has 1 heterocycles. The van der Waals surface area contributed by atoms with Gasteiger partial charge in [-0.15, -0.1) is 0 Å². The summed E-state index contributed by atoms with van der Waals surface area (Å²) in [5.41, 5.74) is 1.20. The van der Waals surface area contributed by atoms with E-state index in [2.05, 4.69) is 4.90 Å². The van der Waals surface area contributed by atoms with E-state index in [-0.39, 0.29) is 5.92 Å². The van der Waals surface area contributed by atoms with Crippen molar-refractivity contribution in [2.75, 3.05) is 26.8 Å². The van der Waals surface area contributed by atoms with E-state index >= 15 is 0 Å². The molecule has 3 nitrogen and oxygen atoms in total. The van der Waals surface area contributed by atoms with Gasteiger partial charge < -0.3 is 9.64 Å². The molecule has 1 saturated heterocycles. The van der Waals surface area contributed by atoms with Crippen LogP contribution < -0.4 is 0 Å². The monoisotopic (exact) mass is 267 g/mol. The summed E-state index contributed by atoms with van der Waals surface area (Å²) >= 11 is 5.85. The number of hydrogen-bond donors (Lipinski definition) is 0. The smallest absolute Gasteiger partial charge is 0.141 e. The first-order valence-corrected chi connectivity index (χ1v) is 6.56. The summed E-state index contributed by atoms with van der Waals surface area (Å²) in [6.45, 7) is 2.71. The van der Waals surface area contributed by atoms with Crippen LogP contribution in [-0.2, 0) is 16.1 Å². The average Bonchev–Trinajstić information content (AvgIpc) is 2.35. The van der Waals surface area contributed by atoms with Gasteiger partial charge in [0, 0.05) is 24.5 Å². The van der Waals surface area contributed by atoms with Gasteiger partial charge in [0.15, 0.2) is 0 Å². The maximum absolute atomic E-state index is 11.7. The zero-order chi connectivity index (χ0) is 13.0. The Morgan fingerprint density at radius 2 is 2.11 bits per heavy atom. The van der Waals surface area contributed by atoms with Crippen molar-refractivity contribution in [3.05, 3.63) is 34.9 Å². The van der Waals surface area contributed by atoms with Gasteiger partial charge in [-0.3, -0.25) is 4.79 Å². The first kappa shape index (κ1) is 13.5. The van der Waals surface area contributed by atoms with Crippen molar-refractivity contribution in [2.45, 2.75) is 13.0 Å². The fourth-order valence-electron chi connectivity index (χ4n) is 2.19. The summed E-state index contributed by atoms with van der Waals surface area (Å²) < 4.78 is 5.35. The number of rotatable bonds is 4. The summed E-state index contributed by atoms with van der Waals surface area (Å²) in [6, 6.07) is 7.80. The maximum Gasteiger partial charge on any atom is 0.141 e. The molecule has 0 bridgehead atoms. The Hall–Kier alpha value is -0.900. The van der Waals surface area contributed by atoms with E-state index in [4.69, 9.17) is 16.3 Å². The van der Waals surface area contributed by atoms with Crippen molar-refractivity contribution in [3.8, 4) is 0 Å². The summed E-state index contributed by atoms with van der Waals surface area (Å²) in [5.74, 6) is 0.347. The molecular weight excluding hydrogens is 250 g/mol. The molecule has 1 atom stereocenters. The molecule has 1 aliphatic rings. The predicted octanol–water partition coefficient (Wildman–Crippen LogP) is 2.38. The van der Waals surface area contributed by atoms with E-state index < -0.39 is 0 Å². The van der Waals surface area contributed by atoms with Crippen LogP contribution in [0, 0.1) is 5.92 Å². The minimum Gasteiger partial charge on any atom is -0.380 e. The van der Waals surface area contributed by atoms with Crippen molar-refractivity contribution in [2.24, 2.45) is 5.92 Å². The van der Waals surface area contributed by atoms with E-state index in [0.29, 0.717) is 25.4 Å². The van der Waals surface area contributed by atoms with E-state index in [1.54, 1.807) is 0 Å². The molecule has 1 fully saturated rings. The second-order valence-electron chi connectivity index (χ2n) is 4.81. The molecule has 0 N–H and O–H groups in total. The second kappa shape index (κ2) is 6.32. The standard InChI is InChI=1S/C14H18ClNO2/c1-16(8-11-2-4-13(15)5-3-11)9-12-10-18-7-6-14(12)17/h2-5,12H,6-10H2,1H3. The van der Waals surface area contributed by atoms with Gasteiger partial charge in [-0.1, -0.05) is 23.7 Å². The topological polar surface area (TPSA) is 29.5 Å². The minimum atomic E-state index is 0.0241. The van der Waals surface area contributed by atoms with Crippen LogP contribution in [0.3, 0.4) is 0 Å². The Balaban J connectivity index is 1.86. The zero-order valence-electron chi connectivity index (χ0n) is 10.6. The van der Waals surface area contributed by atoms with E-state index in [9.17, 15) is 4.79 Å².